The van der Waals surface area contributed by atoms with E-state index in [4.69, 9.17) is 10.5 Å². The zero-order valence-electron chi connectivity index (χ0n) is 9.95. The molecule has 2 saturated carbocycles. The Labute approximate surface area is 93.6 Å². The highest BCUT2D eigenvalue weighted by Crippen LogP contribution is 2.33. The van der Waals surface area contributed by atoms with Crippen molar-refractivity contribution in [2.24, 2.45) is 17.6 Å². The van der Waals surface area contributed by atoms with Gasteiger partial charge in [0, 0.05) is 6.04 Å². The molecule has 0 heterocycles. The van der Waals surface area contributed by atoms with Gasteiger partial charge in [-0.3, -0.25) is 0 Å². The van der Waals surface area contributed by atoms with Crippen LogP contribution >= 0.6 is 0 Å². The van der Waals surface area contributed by atoms with Crippen molar-refractivity contribution in [3.05, 3.63) is 0 Å². The number of ether oxygens (including phenoxy) is 1. The monoisotopic (exact) mass is 211 g/mol. The first-order valence-corrected chi connectivity index (χ1v) is 6.68. The Morgan fingerprint density at radius 3 is 2.60 bits per heavy atom. The van der Waals surface area contributed by atoms with Gasteiger partial charge in [0.1, 0.15) is 0 Å². The molecule has 3 unspecified atom stereocenters. The van der Waals surface area contributed by atoms with E-state index in [1.807, 2.05) is 0 Å². The summed E-state index contributed by atoms with van der Waals surface area (Å²) < 4.78 is 6.02. The van der Waals surface area contributed by atoms with E-state index in [0.29, 0.717) is 12.1 Å². The molecule has 2 nitrogen and oxygen atoms in total. The van der Waals surface area contributed by atoms with Crippen LogP contribution in [-0.2, 0) is 4.74 Å². The molecule has 2 aliphatic carbocycles. The Hall–Kier alpha value is -0.0800. The maximum absolute atomic E-state index is 6.06. The fourth-order valence-corrected chi connectivity index (χ4v) is 2.76. The summed E-state index contributed by atoms with van der Waals surface area (Å²) in [7, 11) is 0. The van der Waals surface area contributed by atoms with E-state index in [1.165, 1.54) is 44.9 Å². The summed E-state index contributed by atoms with van der Waals surface area (Å²) >= 11 is 0. The van der Waals surface area contributed by atoms with Crippen LogP contribution < -0.4 is 5.73 Å². The molecule has 2 aliphatic rings. The van der Waals surface area contributed by atoms with E-state index in [9.17, 15) is 0 Å². The first-order chi connectivity index (χ1) is 7.31. The highest BCUT2D eigenvalue weighted by molar-refractivity contribution is 4.84. The molecule has 0 spiro atoms. The van der Waals surface area contributed by atoms with Crippen molar-refractivity contribution in [3.8, 4) is 0 Å². The van der Waals surface area contributed by atoms with Gasteiger partial charge < -0.3 is 10.5 Å². The van der Waals surface area contributed by atoms with Gasteiger partial charge in [0.05, 0.1) is 12.7 Å². The first-order valence-electron chi connectivity index (χ1n) is 6.68. The maximum atomic E-state index is 6.06. The average molecular weight is 211 g/mol. The van der Waals surface area contributed by atoms with E-state index < -0.39 is 0 Å². The summed E-state index contributed by atoms with van der Waals surface area (Å²) in [5.74, 6) is 1.57. The van der Waals surface area contributed by atoms with E-state index in [1.54, 1.807) is 0 Å². The zero-order chi connectivity index (χ0) is 10.7. The van der Waals surface area contributed by atoms with Crippen molar-refractivity contribution in [3.63, 3.8) is 0 Å². The molecule has 2 rings (SSSR count). The van der Waals surface area contributed by atoms with Crippen LogP contribution in [0.2, 0.25) is 0 Å². The lowest BCUT2D eigenvalue weighted by atomic mass is 9.85. The summed E-state index contributed by atoms with van der Waals surface area (Å²) in [5, 5.41) is 0. The van der Waals surface area contributed by atoms with E-state index in [2.05, 4.69) is 6.92 Å². The third-order valence-electron chi connectivity index (χ3n) is 4.09. The second-order valence-electron chi connectivity index (χ2n) is 5.33. The first kappa shape index (κ1) is 11.4. The number of hydrogen-bond acceptors (Lipinski definition) is 2. The number of hydrogen-bond donors (Lipinski definition) is 1. The molecule has 0 radical (unpaired) electrons. The highest BCUT2D eigenvalue weighted by atomic mass is 16.5. The summed E-state index contributed by atoms with van der Waals surface area (Å²) in [4.78, 5) is 0. The lowest BCUT2D eigenvalue weighted by Gasteiger charge is -2.31. The van der Waals surface area contributed by atoms with Gasteiger partial charge in [-0.15, -0.1) is 0 Å². The predicted octanol–water partition coefficient (Wildman–Crippen LogP) is 2.71. The van der Waals surface area contributed by atoms with Crippen molar-refractivity contribution in [2.75, 3.05) is 6.61 Å². The Balaban J connectivity index is 1.71. The standard InChI is InChI=1S/C13H25NO/c1-2-10-5-3-4-6-13(10)15-9-12(14)11-7-8-11/h10-13H,2-9,14H2,1H3. The summed E-state index contributed by atoms with van der Waals surface area (Å²) in [5.41, 5.74) is 6.06. The van der Waals surface area contributed by atoms with Gasteiger partial charge in [-0.05, 0) is 37.5 Å². The molecule has 0 saturated heterocycles. The molecular weight excluding hydrogens is 186 g/mol. The van der Waals surface area contributed by atoms with Crippen LogP contribution in [-0.4, -0.2) is 18.8 Å². The third-order valence-corrected chi connectivity index (χ3v) is 4.09. The second-order valence-corrected chi connectivity index (χ2v) is 5.33. The molecule has 0 bridgehead atoms. The highest BCUT2D eigenvalue weighted by Gasteiger charge is 2.30. The summed E-state index contributed by atoms with van der Waals surface area (Å²) in [6.45, 7) is 3.08. The Kier molecular flexibility index (Phi) is 4.04. The minimum atomic E-state index is 0.310. The quantitative estimate of drug-likeness (QED) is 0.759. The lowest BCUT2D eigenvalue weighted by molar-refractivity contribution is -0.0196. The number of nitrogens with two attached hydrogens (primary N) is 1. The molecule has 3 atom stereocenters. The molecule has 0 aromatic heterocycles. The molecular formula is C13H25NO. The fourth-order valence-electron chi connectivity index (χ4n) is 2.76. The fraction of sp³-hybridized carbons (Fsp3) is 1.00. The van der Waals surface area contributed by atoms with Gasteiger partial charge in [0.2, 0.25) is 0 Å². The minimum absolute atomic E-state index is 0.310. The van der Waals surface area contributed by atoms with Crippen molar-refractivity contribution >= 4 is 0 Å². The Morgan fingerprint density at radius 2 is 1.93 bits per heavy atom. The van der Waals surface area contributed by atoms with E-state index in [-0.39, 0.29) is 0 Å². The molecule has 88 valence electrons. The average Bonchev–Trinajstić information content (AvgIpc) is 3.10. The topological polar surface area (TPSA) is 35.2 Å². The SMILES string of the molecule is CCC1CCCCC1OCC(N)C1CC1. The lowest BCUT2D eigenvalue weighted by Crippen LogP contribution is -2.34. The maximum Gasteiger partial charge on any atom is 0.0624 e. The molecule has 2 heteroatoms. The van der Waals surface area contributed by atoms with Crippen LogP contribution in [0.25, 0.3) is 0 Å². The molecule has 15 heavy (non-hydrogen) atoms. The van der Waals surface area contributed by atoms with Crippen LogP contribution in [0.3, 0.4) is 0 Å². The van der Waals surface area contributed by atoms with Crippen LogP contribution in [0.5, 0.6) is 0 Å². The summed E-state index contributed by atoms with van der Waals surface area (Å²) in [6, 6.07) is 0.310. The van der Waals surface area contributed by atoms with Crippen molar-refractivity contribution < 1.29 is 4.74 Å². The second kappa shape index (κ2) is 5.31. The Bertz CT molecular complexity index is 191. The molecule has 0 aliphatic heterocycles. The van der Waals surface area contributed by atoms with Crippen LogP contribution in [0.4, 0.5) is 0 Å². The van der Waals surface area contributed by atoms with Crippen molar-refractivity contribution in [1.29, 1.82) is 0 Å². The number of rotatable bonds is 5. The van der Waals surface area contributed by atoms with Crippen LogP contribution in [0.15, 0.2) is 0 Å². The van der Waals surface area contributed by atoms with Crippen LogP contribution in [0, 0.1) is 11.8 Å². The normalized spacial score (nSPS) is 34.0. The van der Waals surface area contributed by atoms with Crippen LogP contribution in [0.1, 0.15) is 51.9 Å². The molecule has 0 aromatic carbocycles. The van der Waals surface area contributed by atoms with Crippen molar-refractivity contribution in [2.45, 2.75) is 64.0 Å². The van der Waals surface area contributed by atoms with Crippen molar-refractivity contribution in [1.82, 2.24) is 0 Å². The minimum Gasteiger partial charge on any atom is -0.376 e. The largest absolute Gasteiger partial charge is 0.376 e. The van der Waals surface area contributed by atoms with Gasteiger partial charge >= 0.3 is 0 Å². The van der Waals surface area contributed by atoms with Gasteiger partial charge in [0.25, 0.3) is 0 Å². The molecule has 2 N–H and O–H groups in total. The molecule has 2 fully saturated rings. The van der Waals surface area contributed by atoms with Gasteiger partial charge in [-0.25, -0.2) is 0 Å². The van der Waals surface area contributed by atoms with Gasteiger partial charge in [0.15, 0.2) is 0 Å². The summed E-state index contributed by atoms with van der Waals surface area (Å²) in [6.07, 6.45) is 9.79. The van der Waals surface area contributed by atoms with Gasteiger partial charge in [-0.2, -0.15) is 0 Å². The molecule has 0 amide bonds. The van der Waals surface area contributed by atoms with Gasteiger partial charge in [-0.1, -0.05) is 26.2 Å². The Morgan fingerprint density at radius 1 is 1.20 bits per heavy atom. The molecule has 0 aromatic rings. The zero-order valence-corrected chi connectivity index (χ0v) is 9.95. The smallest absolute Gasteiger partial charge is 0.0624 e. The predicted molar refractivity (Wildman–Crippen MR) is 62.7 cm³/mol. The van der Waals surface area contributed by atoms with E-state index in [0.717, 1.165) is 18.4 Å². The van der Waals surface area contributed by atoms with E-state index >= 15 is 0 Å². The third kappa shape index (κ3) is 3.18.